The summed E-state index contributed by atoms with van der Waals surface area (Å²) in [4.78, 5) is 13.7. The van der Waals surface area contributed by atoms with Gasteiger partial charge in [-0.3, -0.25) is 9.69 Å². The highest BCUT2D eigenvalue weighted by atomic mass is 16.4. The summed E-state index contributed by atoms with van der Waals surface area (Å²) in [5.74, 6) is 0.339. The van der Waals surface area contributed by atoms with Crippen LogP contribution in [0.5, 0.6) is 0 Å². The summed E-state index contributed by atoms with van der Waals surface area (Å²) in [6.45, 7) is 5.76. The molecule has 112 valence electrons. The lowest BCUT2D eigenvalue weighted by Gasteiger charge is -2.24. The summed E-state index contributed by atoms with van der Waals surface area (Å²) in [7, 11) is 0. The van der Waals surface area contributed by atoms with Crippen molar-refractivity contribution in [1.82, 2.24) is 4.90 Å². The molecular formula is C16H26N2O2. The number of hydrogen-bond acceptors (Lipinski definition) is 3. The van der Waals surface area contributed by atoms with Gasteiger partial charge in [0, 0.05) is 6.54 Å². The lowest BCUT2D eigenvalue weighted by Crippen LogP contribution is -2.40. The second-order valence-electron chi connectivity index (χ2n) is 7.09. The van der Waals surface area contributed by atoms with Crippen LogP contribution in [-0.4, -0.2) is 35.1 Å². The van der Waals surface area contributed by atoms with Gasteiger partial charge in [-0.05, 0) is 57.9 Å². The quantitative estimate of drug-likeness (QED) is 0.759. The molecule has 0 aromatic rings. The average Bonchev–Trinajstić information content (AvgIpc) is 2.94. The van der Waals surface area contributed by atoms with Gasteiger partial charge in [-0.2, -0.15) is 5.26 Å². The number of carboxylic acid groups (broad SMARTS) is 1. The molecule has 1 aliphatic heterocycles. The minimum absolute atomic E-state index is 0.256. The maximum absolute atomic E-state index is 11.5. The van der Waals surface area contributed by atoms with Gasteiger partial charge in [0.15, 0.2) is 0 Å². The highest BCUT2D eigenvalue weighted by Crippen LogP contribution is 2.42. The van der Waals surface area contributed by atoms with Gasteiger partial charge in [0.2, 0.25) is 0 Å². The fourth-order valence-corrected chi connectivity index (χ4v) is 3.90. The van der Waals surface area contributed by atoms with E-state index in [1.54, 1.807) is 0 Å². The Hall–Kier alpha value is -1.08. The van der Waals surface area contributed by atoms with E-state index in [1.165, 1.54) is 12.8 Å². The number of aliphatic carboxylic acids is 1. The van der Waals surface area contributed by atoms with Gasteiger partial charge >= 0.3 is 5.97 Å². The Kier molecular flexibility index (Phi) is 4.70. The third kappa shape index (κ3) is 3.32. The SMILES string of the molecule is CC(C)(C#N)CCCCN1CC2CCCC2C1C(=O)O. The first-order valence-electron chi connectivity index (χ1n) is 7.83. The summed E-state index contributed by atoms with van der Waals surface area (Å²) in [6.07, 6.45) is 6.37. The molecule has 3 unspecified atom stereocenters. The molecule has 1 heterocycles. The highest BCUT2D eigenvalue weighted by molar-refractivity contribution is 5.74. The number of fused-ring (bicyclic) bond motifs is 1. The van der Waals surface area contributed by atoms with Gasteiger partial charge in [-0.15, -0.1) is 0 Å². The monoisotopic (exact) mass is 278 g/mol. The van der Waals surface area contributed by atoms with E-state index < -0.39 is 5.97 Å². The molecule has 0 radical (unpaired) electrons. The van der Waals surface area contributed by atoms with E-state index in [4.69, 9.17) is 5.26 Å². The first-order valence-corrected chi connectivity index (χ1v) is 7.83. The summed E-state index contributed by atoms with van der Waals surface area (Å²) in [6, 6.07) is 2.06. The standard InChI is InChI=1S/C16H26N2O2/c1-16(2,11-17)8-3-4-9-18-10-12-6-5-7-13(12)14(18)15(19)20/h12-14H,3-10H2,1-2H3,(H,19,20). The van der Waals surface area contributed by atoms with Crippen molar-refractivity contribution in [3.63, 3.8) is 0 Å². The maximum Gasteiger partial charge on any atom is 0.321 e. The number of rotatable bonds is 6. The lowest BCUT2D eigenvalue weighted by molar-refractivity contribution is -0.143. The fourth-order valence-electron chi connectivity index (χ4n) is 3.90. The lowest BCUT2D eigenvalue weighted by atomic mass is 9.89. The molecule has 0 spiro atoms. The third-order valence-corrected chi connectivity index (χ3v) is 5.04. The number of nitrogens with zero attached hydrogens (tertiary/aromatic N) is 2. The molecule has 2 fully saturated rings. The zero-order valence-corrected chi connectivity index (χ0v) is 12.6. The summed E-state index contributed by atoms with van der Waals surface area (Å²) in [5.41, 5.74) is -0.256. The Balaban J connectivity index is 1.81. The Bertz CT molecular complexity index is 400. The molecule has 4 nitrogen and oxygen atoms in total. The van der Waals surface area contributed by atoms with E-state index in [0.29, 0.717) is 11.8 Å². The highest BCUT2D eigenvalue weighted by Gasteiger charge is 2.47. The van der Waals surface area contributed by atoms with Crippen molar-refractivity contribution < 1.29 is 9.90 Å². The number of unbranched alkanes of at least 4 members (excludes halogenated alkanes) is 1. The van der Waals surface area contributed by atoms with Crippen LogP contribution < -0.4 is 0 Å². The molecular weight excluding hydrogens is 252 g/mol. The largest absolute Gasteiger partial charge is 0.480 e. The number of carboxylic acids is 1. The van der Waals surface area contributed by atoms with Crippen LogP contribution in [0.4, 0.5) is 0 Å². The Morgan fingerprint density at radius 2 is 2.15 bits per heavy atom. The molecule has 4 heteroatoms. The smallest absolute Gasteiger partial charge is 0.321 e. The topological polar surface area (TPSA) is 64.3 Å². The van der Waals surface area contributed by atoms with Crippen LogP contribution in [0, 0.1) is 28.6 Å². The third-order valence-electron chi connectivity index (χ3n) is 5.04. The molecule has 1 aliphatic carbocycles. The average molecular weight is 278 g/mol. The van der Waals surface area contributed by atoms with E-state index in [-0.39, 0.29) is 11.5 Å². The van der Waals surface area contributed by atoms with Crippen LogP contribution in [0.25, 0.3) is 0 Å². The van der Waals surface area contributed by atoms with E-state index in [2.05, 4.69) is 11.0 Å². The minimum atomic E-state index is -0.642. The van der Waals surface area contributed by atoms with Gasteiger partial charge in [0.05, 0.1) is 11.5 Å². The molecule has 0 amide bonds. The zero-order valence-electron chi connectivity index (χ0n) is 12.6. The van der Waals surface area contributed by atoms with Crippen molar-refractivity contribution in [2.24, 2.45) is 17.3 Å². The van der Waals surface area contributed by atoms with Crippen LogP contribution in [0.1, 0.15) is 52.4 Å². The zero-order chi connectivity index (χ0) is 14.8. The van der Waals surface area contributed by atoms with Gasteiger partial charge in [-0.25, -0.2) is 0 Å². The molecule has 2 aliphatic rings. The molecule has 3 atom stereocenters. The van der Waals surface area contributed by atoms with E-state index in [9.17, 15) is 9.90 Å². The maximum atomic E-state index is 11.5. The summed E-state index contributed by atoms with van der Waals surface area (Å²) in [5, 5.41) is 18.5. The minimum Gasteiger partial charge on any atom is -0.480 e. The van der Waals surface area contributed by atoms with Crippen LogP contribution in [0.15, 0.2) is 0 Å². The number of likely N-dealkylation sites (tertiary alicyclic amines) is 1. The van der Waals surface area contributed by atoms with Gasteiger partial charge < -0.3 is 5.11 Å². The number of hydrogen-bond donors (Lipinski definition) is 1. The van der Waals surface area contributed by atoms with Crippen molar-refractivity contribution in [1.29, 1.82) is 5.26 Å². The predicted octanol–water partition coefficient (Wildman–Crippen LogP) is 2.89. The Morgan fingerprint density at radius 1 is 1.40 bits per heavy atom. The molecule has 1 N–H and O–H groups in total. The second-order valence-corrected chi connectivity index (χ2v) is 7.09. The first kappa shape index (κ1) is 15.3. The van der Waals surface area contributed by atoms with Crippen molar-refractivity contribution >= 4 is 5.97 Å². The second kappa shape index (κ2) is 6.13. The number of carbonyl (C=O) groups is 1. The normalized spacial score (nSPS) is 30.1. The van der Waals surface area contributed by atoms with Crippen LogP contribution in [-0.2, 0) is 4.79 Å². The molecule has 0 aromatic heterocycles. The van der Waals surface area contributed by atoms with Crippen LogP contribution >= 0.6 is 0 Å². The van der Waals surface area contributed by atoms with Crippen molar-refractivity contribution in [2.45, 2.75) is 58.4 Å². The van der Waals surface area contributed by atoms with Gasteiger partial charge in [0.1, 0.15) is 6.04 Å². The first-order chi connectivity index (χ1) is 9.44. The van der Waals surface area contributed by atoms with E-state index >= 15 is 0 Å². The predicted molar refractivity (Wildman–Crippen MR) is 77.1 cm³/mol. The van der Waals surface area contributed by atoms with Gasteiger partial charge in [-0.1, -0.05) is 12.8 Å². The molecule has 20 heavy (non-hydrogen) atoms. The van der Waals surface area contributed by atoms with Crippen LogP contribution in [0.3, 0.4) is 0 Å². The van der Waals surface area contributed by atoms with E-state index in [0.717, 1.165) is 38.8 Å². The summed E-state index contributed by atoms with van der Waals surface area (Å²) >= 11 is 0. The number of nitriles is 1. The van der Waals surface area contributed by atoms with Crippen molar-refractivity contribution in [2.75, 3.05) is 13.1 Å². The summed E-state index contributed by atoms with van der Waals surface area (Å²) < 4.78 is 0. The molecule has 0 aromatic carbocycles. The van der Waals surface area contributed by atoms with Crippen molar-refractivity contribution in [3.8, 4) is 6.07 Å². The Morgan fingerprint density at radius 3 is 2.80 bits per heavy atom. The van der Waals surface area contributed by atoms with E-state index in [1.807, 2.05) is 13.8 Å². The molecule has 0 bridgehead atoms. The molecule has 2 rings (SSSR count). The van der Waals surface area contributed by atoms with Crippen LogP contribution in [0.2, 0.25) is 0 Å². The Labute approximate surface area is 121 Å². The molecule has 1 saturated heterocycles. The fraction of sp³-hybridized carbons (Fsp3) is 0.875. The molecule has 1 saturated carbocycles. The van der Waals surface area contributed by atoms with Gasteiger partial charge in [0.25, 0.3) is 0 Å². The van der Waals surface area contributed by atoms with Crippen molar-refractivity contribution in [3.05, 3.63) is 0 Å².